The first-order valence-corrected chi connectivity index (χ1v) is 9.87. The highest BCUT2D eigenvalue weighted by Crippen LogP contribution is 2.65. The van der Waals surface area contributed by atoms with Gasteiger partial charge in [-0.3, -0.25) is 9.59 Å². The molecular weight excluding hydrogens is 314 g/mol. The Morgan fingerprint density at radius 2 is 1.92 bits per heavy atom. The van der Waals surface area contributed by atoms with Crippen LogP contribution in [0, 0.1) is 34.5 Å². The maximum Gasteiger partial charge on any atom is 0.309 e. The molecule has 0 spiro atoms. The highest BCUT2D eigenvalue weighted by Gasteiger charge is 2.61. The van der Waals surface area contributed by atoms with Gasteiger partial charge < -0.3 is 9.64 Å². The number of hydrogen-bond donors (Lipinski definition) is 0. The summed E-state index contributed by atoms with van der Waals surface area (Å²) in [6, 6.07) is 0.327. The van der Waals surface area contributed by atoms with Crippen LogP contribution in [0.5, 0.6) is 0 Å². The Hall–Kier alpha value is -1.32. The second kappa shape index (κ2) is 5.59. The first-order valence-electron chi connectivity index (χ1n) is 9.87. The number of carbonyl (C=O) groups is 2. The van der Waals surface area contributed by atoms with Crippen LogP contribution in [0.1, 0.15) is 52.4 Å². The second-order valence-corrected chi connectivity index (χ2v) is 9.32. The number of nitrogens with zero attached hydrogens (tertiary/aromatic N) is 1. The molecule has 1 aliphatic heterocycles. The Morgan fingerprint density at radius 1 is 1.16 bits per heavy atom. The van der Waals surface area contributed by atoms with Gasteiger partial charge in [-0.1, -0.05) is 19.9 Å². The average Bonchev–Trinajstić information content (AvgIpc) is 2.95. The molecule has 3 aliphatic carbocycles. The van der Waals surface area contributed by atoms with Crippen molar-refractivity contribution < 1.29 is 14.3 Å². The van der Waals surface area contributed by atoms with Gasteiger partial charge in [0.05, 0.1) is 13.0 Å². The first kappa shape index (κ1) is 17.1. The van der Waals surface area contributed by atoms with Crippen molar-refractivity contribution in [3.8, 4) is 0 Å². The highest BCUT2D eigenvalue weighted by atomic mass is 16.5. The summed E-state index contributed by atoms with van der Waals surface area (Å²) >= 11 is 0. The van der Waals surface area contributed by atoms with Gasteiger partial charge >= 0.3 is 5.97 Å². The number of likely N-dealkylation sites (N-methyl/N-ethyl adjacent to an activating group) is 1. The zero-order chi connectivity index (χ0) is 18.0. The molecule has 138 valence electrons. The minimum atomic E-state index is -0.00811. The fourth-order valence-corrected chi connectivity index (χ4v) is 7.27. The van der Waals surface area contributed by atoms with E-state index in [1.54, 1.807) is 6.08 Å². The molecule has 0 saturated heterocycles. The van der Waals surface area contributed by atoms with Crippen LogP contribution in [0.4, 0.5) is 0 Å². The van der Waals surface area contributed by atoms with Crippen molar-refractivity contribution in [1.29, 1.82) is 0 Å². The topological polar surface area (TPSA) is 46.6 Å². The maximum atomic E-state index is 12.3. The van der Waals surface area contributed by atoms with E-state index in [1.165, 1.54) is 13.5 Å². The first-order chi connectivity index (χ1) is 11.8. The lowest BCUT2D eigenvalue weighted by atomic mass is 9.47. The molecule has 1 amide bonds. The largest absolute Gasteiger partial charge is 0.469 e. The molecule has 0 aromatic heterocycles. The van der Waals surface area contributed by atoms with E-state index < -0.39 is 0 Å². The third-order valence-electron chi connectivity index (χ3n) is 8.61. The Balaban J connectivity index is 1.65. The standard InChI is InChI=1S/C21H31NO3/c1-20-11-9-15-13(14(20)6-7-16(20)19(24)25-4)5-8-17-21(15,2)12-10-18(23)22(17)3/h10,12-17H,5-9,11H2,1-4H3/t13-,14-,15+,16?,17?,20-,21+/m0/s1. The summed E-state index contributed by atoms with van der Waals surface area (Å²) < 4.78 is 5.12. The Bertz CT molecular complexity index is 629. The fourth-order valence-electron chi connectivity index (χ4n) is 7.27. The van der Waals surface area contributed by atoms with Crippen LogP contribution in [-0.2, 0) is 14.3 Å². The molecule has 4 nitrogen and oxygen atoms in total. The molecule has 1 heterocycles. The summed E-state index contributed by atoms with van der Waals surface area (Å²) in [4.78, 5) is 26.4. The van der Waals surface area contributed by atoms with E-state index in [0.29, 0.717) is 23.8 Å². The van der Waals surface area contributed by atoms with E-state index in [4.69, 9.17) is 4.74 Å². The number of ether oxygens (including phenoxy) is 1. The van der Waals surface area contributed by atoms with Crippen molar-refractivity contribution >= 4 is 11.9 Å². The van der Waals surface area contributed by atoms with Crippen molar-refractivity contribution in [2.45, 2.75) is 58.4 Å². The minimum Gasteiger partial charge on any atom is -0.469 e. The maximum absolute atomic E-state index is 12.3. The molecule has 0 radical (unpaired) electrons. The van der Waals surface area contributed by atoms with Gasteiger partial charge in [0.1, 0.15) is 0 Å². The number of esters is 1. The van der Waals surface area contributed by atoms with Gasteiger partial charge in [-0.2, -0.15) is 0 Å². The zero-order valence-electron chi connectivity index (χ0n) is 16.0. The van der Waals surface area contributed by atoms with Gasteiger partial charge in [-0.15, -0.1) is 0 Å². The third-order valence-corrected chi connectivity index (χ3v) is 8.61. The lowest BCUT2D eigenvalue weighted by Crippen LogP contribution is -2.59. The molecule has 0 aromatic rings. The van der Waals surface area contributed by atoms with E-state index in [1.807, 2.05) is 11.9 Å². The Morgan fingerprint density at radius 3 is 2.64 bits per heavy atom. The van der Waals surface area contributed by atoms with Crippen LogP contribution in [-0.4, -0.2) is 37.0 Å². The van der Waals surface area contributed by atoms with Gasteiger partial charge in [0, 0.05) is 18.5 Å². The molecule has 3 fully saturated rings. The van der Waals surface area contributed by atoms with Crippen molar-refractivity contribution in [3.63, 3.8) is 0 Å². The molecule has 0 bridgehead atoms. The molecule has 3 saturated carbocycles. The molecule has 4 aliphatic rings. The predicted octanol–water partition coefficient (Wildman–Crippen LogP) is 3.42. The number of rotatable bonds is 1. The van der Waals surface area contributed by atoms with Gasteiger partial charge in [-0.05, 0) is 67.8 Å². The third kappa shape index (κ3) is 2.18. The number of amides is 1. The van der Waals surface area contributed by atoms with Crippen LogP contribution in [0.25, 0.3) is 0 Å². The molecule has 0 N–H and O–H groups in total. The normalized spacial score (nSPS) is 48.6. The smallest absolute Gasteiger partial charge is 0.309 e. The van der Waals surface area contributed by atoms with Gasteiger partial charge in [0.15, 0.2) is 0 Å². The van der Waals surface area contributed by atoms with Crippen LogP contribution >= 0.6 is 0 Å². The fraction of sp³-hybridized carbons (Fsp3) is 0.810. The van der Waals surface area contributed by atoms with E-state index >= 15 is 0 Å². The summed E-state index contributed by atoms with van der Waals surface area (Å²) in [5.41, 5.74) is 0.174. The average molecular weight is 345 g/mol. The van der Waals surface area contributed by atoms with E-state index in [2.05, 4.69) is 19.9 Å². The minimum absolute atomic E-state index is 0.00811. The van der Waals surface area contributed by atoms with Gasteiger partial charge in [0.25, 0.3) is 0 Å². The molecule has 4 rings (SSSR count). The predicted molar refractivity (Wildman–Crippen MR) is 95.6 cm³/mol. The molecule has 25 heavy (non-hydrogen) atoms. The van der Waals surface area contributed by atoms with Crippen LogP contribution in [0.3, 0.4) is 0 Å². The van der Waals surface area contributed by atoms with E-state index in [9.17, 15) is 9.59 Å². The van der Waals surface area contributed by atoms with Crippen LogP contribution < -0.4 is 0 Å². The summed E-state index contributed by atoms with van der Waals surface area (Å²) in [7, 11) is 3.49. The molecule has 7 atom stereocenters. The van der Waals surface area contributed by atoms with Crippen molar-refractivity contribution in [2.24, 2.45) is 34.5 Å². The lowest BCUT2D eigenvalue weighted by Gasteiger charge is -2.60. The SMILES string of the molecule is COC(=O)C1CC[C@H]2[C@@H]3CCC4N(C)C(=O)C=C[C@]4(C)[C@@H]3CC[C@]12C. The van der Waals surface area contributed by atoms with E-state index in [-0.39, 0.29) is 28.6 Å². The number of methoxy groups -OCH3 is 1. The highest BCUT2D eigenvalue weighted by molar-refractivity contribution is 5.89. The van der Waals surface area contributed by atoms with Gasteiger partial charge in [-0.25, -0.2) is 0 Å². The molecular formula is C21H31NO3. The summed E-state index contributed by atoms with van der Waals surface area (Å²) in [5.74, 6) is 2.11. The zero-order valence-corrected chi connectivity index (χ0v) is 16.0. The monoisotopic (exact) mass is 345 g/mol. The number of hydrogen-bond acceptors (Lipinski definition) is 3. The molecule has 4 heteroatoms. The van der Waals surface area contributed by atoms with Crippen LogP contribution in [0.2, 0.25) is 0 Å². The summed E-state index contributed by atoms with van der Waals surface area (Å²) in [6.07, 6.45) is 10.7. The quantitative estimate of drug-likeness (QED) is 0.684. The van der Waals surface area contributed by atoms with Gasteiger partial charge in [0.2, 0.25) is 5.91 Å². The second-order valence-electron chi connectivity index (χ2n) is 9.32. The van der Waals surface area contributed by atoms with Crippen LogP contribution in [0.15, 0.2) is 12.2 Å². The van der Waals surface area contributed by atoms with Crippen molar-refractivity contribution in [2.75, 3.05) is 14.2 Å². The number of carbonyl (C=O) groups excluding carboxylic acids is 2. The molecule has 2 unspecified atom stereocenters. The number of fused-ring (bicyclic) bond motifs is 5. The Labute approximate surface area is 151 Å². The van der Waals surface area contributed by atoms with E-state index in [0.717, 1.165) is 32.1 Å². The van der Waals surface area contributed by atoms with Crippen molar-refractivity contribution in [1.82, 2.24) is 4.90 Å². The van der Waals surface area contributed by atoms with Crippen molar-refractivity contribution in [3.05, 3.63) is 12.2 Å². The summed E-state index contributed by atoms with van der Waals surface area (Å²) in [6.45, 7) is 4.70. The summed E-state index contributed by atoms with van der Waals surface area (Å²) in [5, 5.41) is 0. The Kier molecular flexibility index (Phi) is 3.82. The molecule has 0 aromatic carbocycles. The lowest BCUT2D eigenvalue weighted by molar-refractivity contribution is -0.155.